The molecule has 6 heteroatoms. The van der Waals surface area contributed by atoms with Crippen molar-refractivity contribution in [2.75, 3.05) is 18.5 Å². The van der Waals surface area contributed by atoms with Crippen LogP contribution in [0.5, 0.6) is 0 Å². The third-order valence-corrected chi connectivity index (χ3v) is 5.76. The molecule has 0 spiro atoms. The number of carbonyl (C=O) groups excluding carboxylic acids is 2. The molecule has 1 saturated heterocycles. The van der Waals surface area contributed by atoms with E-state index in [1.165, 1.54) is 0 Å². The summed E-state index contributed by atoms with van der Waals surface area (Å²) in [6.45, 7) is 8.02. The minimum Gasteiger partial charge on any atom is -0.378 e. The highest BCUT2D eigenvalue weighted by atomic mass is 16.3. The minimum absolute atomic E-state index is 0.0931. The number of nitrogens with zero attached hydrogens (tertiary/aromatic N) is 2. The number of carbonyl (C=O) groups is 2. The topological polar surface area (TPSA) is 72.9 Å². The van der Waals surface area contributed by atoms with Crippen LogP contribution in [0.15, 0.2) is 36.4 Å². The monoisotopic (exact) mass is 399 g/mol. The molecule has 3 rings (SSSR count). The summed E-state index contributed by atoms with van der Waals surface area (Å²) >= 11 is 0. The zero-order valence-electron chi connectivity index (χ0n) is 18.1. The van der Waals surface area contributed by atoms with Crippen molar-refractivity contribution in [1.82, 2.24) is 10.2 Å². The van der Waals surface area contributed by atoms with Gasteiger partial charge in [0.1, 0.15) is 12.3 Å². The van der Waals surface area contributed by atoms with Crippen LogP contribution in [0.4, 0.5) is 5.69 Å². The van der Waals surface area contributed by atoms with Crippen LogP contribution >= 0.6 is 0 Å². The molecule has 29 heavy (non-hydrogen) atoms. The fourth-order valence-corrected chi connectivity index (χ4v) is 4.24. The van der Waals surface area contributed by atoms with Gasteiger partial charge < -0.3 is 10.4 Å². The molecule has 2 aliphatic rings. The van der Waals surface area contributed by atoms with Crippen LogP contribution in [0.2, 0.25) is 0 Å². The van der Waals surface area contributed by atoms with Crippen molar-refractivity contribution in [2.45, 2.75) is 58.3 Å². The van der Waals surface area contributed by atoms with Gasteiger partial charge in [0.05, 0.1) is 0 Å². The van der Waals surface area contributed by atoms with Crippen molar-refractivity contribution in [2.24, 2.45) is 11.8 Å². The van der Waals surface area contributed by atoms with Crippen LogP contribution in [-0.4, -0.2) is 53.2 Å². The van der Waals surface area contributed by atoms with Gasteiger partial charge in [-0.1, -0.05) is 29.8 Å². The van der Waals surface area contributed by atoms with Gasteiger partial charge in [0.15, 0.2) is 0 Å². The number of rotatable bonds is 2. The molecule has 2 N–H and O–H groups in total. The average molecular weight is 400 g/mol. The number of benzene rings is 1. The zero-order valence-corrected chi connectivity index (χ0v) is 18.1. The number of fused-ring (bicyclic) bond motifs is 1. The Morgan fingerprint density at radius 3 is 2.38 bits per heavy atom. The van der Waals surface area contributed by atoms with Gasteiger partial charge in [0, 0.05) is 29.6 Å². The van der Waals surface area contributed by atoms with Gasteiger partial charge in [-0.05, 0) is 59.7 Å². The number of likely N-dealkylation sites (N-methyl/N-ethyl adjacent to an activating group) is 1. The molecule has 0 aromatic heterocycles. The minimum atomic E-state index is -0.765. The van der Waals surface area contributed by atoms with Gasteiger partial charge in [0.25, 0.3) is 0 Å². The van der Waals surface area contributed by atoms with Gasteiger partial charge in [-0.15, -0.1) is 0 Å². The molecule has 1 aromatic rings. The van der Waals surface area contributed by atoms with Crippen molar-refractivity contribution >= 4 is 17.5 Å². The van der Waals surface area contributed by atoms with Crippen molar-refractivity contribution in [3.05, 3.63) is 42.0 Å². The SMILES string of the molecule is Cc1ccc(N2C(=O)C3CC=CCC3C(O)N(C)CC2C(=O)NC(C)(C)C)cc1. The second kappa shape index (κ2) is 8.28. The summed E-state index contributed by atoms with van der Waals surface area (Å²) in [7, 11) is 1.82. The number of allylic oxidation sites excluding steroid dienone is 2. The quantitative estimate of drug-likeness (QED) is 0.750. The summed E-state index contributed by atoms with van der Waals surface area (Å²) in [5.74, 6) is -0.847. The smallest absolute Gasteiger partial charge is 0.244 e. The Balaban J connectivity index is 2.07. The number of aliphatic hydroxyl groups excluding tert-OH is 1. The van der Waals surface area contributed by atoms with E-state index in [1.54, 1.807) is 9.80 Å². The van der Waals surface area contributed by atoms with E-state index in [1.807, 2.05) is 71.2 Å². The highest BCUT2D eigenvalue weighted by molar-refractivity contribution is 6.02. The Morgan fingerprint density at radius 1 is 1.14 bits per heavy atom. The number of aliphatic hydroxyl groups is 1. The van der Waals surface area contributed by atoms with E-state index in [0.717, 1.165) is 5.56 Å². The summed E-state index contributed by atoms with van der Waals surface area (Å²) in [5, 5.41) is 13.9. The Morgan fingerprint density at radius 2 is 1.76 bits per heavy atom. The van der Waals surface area contributed by atoms with Gasteiger partial charge in [-0.3, -0.25) is 19.4 Å². The number of anilines is 1. The molecule has 1 aromatic carbocycles. The largest absolute Gasteiger partial charge is 0.378 e. The number of nitrogens with one attached hydrogen (secondary N) is 1. The summed E-state index contributed by atoms with van der Waals surface area (Å²) < 4.78 is 0. The Kier molecular flexibility index (Phi) is 6.15. The summed E-state index contributed by atoms with van der Waals surface area (Å²) in [6, 6.07) is 6.98. The van der Waals surface area contributed by atoms with E-state index in [-0.39, 0.29) is 30.2 Å². The second-order valence-corrected chi connectivity index (χ2v) is 9.37. The normalized spacial score (nSPS) is 28.5. The van der Waals surface area contributed by atoms with Crippen LogP contribution in [-0.2, 0) is 9.59 Å². The highest BCUT2D eigenvalue weighted by Gasteiger charge is 2.45. The zero-order chi connectivity index (χ0) is 21.3. The first-order valence-electron chi connectivity index (χ1n) is 10.3. The van der Waals surface area contributed by atoms with Crippen LogP contribution in [0.3, 0.4) is 0 Å². The van der Waals surface area contributed by atoms with E-state index >= 15 is 0 Å². The predicted octanol–water partition coefficient (Wildman–Crippen LogP) is 2.46. The van der Waals surface area contributed by atoms with E-state index in [2.05, 4.69) is 5.32 Å². The molecule has 0 saturated carbocycles. The summed E-state index contributed by atoms with van der Waals surface area (Å²) in [4.78, 5) is 30.4. The van der Waals surface area contributed by atoms with Crippen LogP contribution in [0, 0.1) is 18.8 Å². The maximum atomic E-state index is 13.7. The summed E-state index contributed by atoms with van der Waals surface area (Å²) in [6.07, 6.45) is 4.50. The van der Waals surface area contributed by atoms with E-state index in [0.29, 0.717) is 18.5 Å². The fraction of sp³-hybridized carbons (Fsp3) is 0.565. The van der Waals surface area contributed by atoms with Gasteiger partial charge in [-0.25, -0.2) is 0 Å². The van der Waals surface area contributed by atoms with E-state index in [4.69, 9.17) is 0 Å². The lowest BCUT2D eigenvalue weighted by Crippen LogP contribution is -2.63. The molecule has 0 radical (unpaired) electrons. The summed E-state index contributed by atoms with van der Waals surface area (Å²) in [5.41, 5.74) is 1.39. The Hall–Kier alpha value is -2.18. The third-order valence-electron chi connectivity index (χ3n) is 5.76. The van der Waals surface area contributed by atoms with Gasteiger partial charge in [-0.2, -0.15) is 0 Å². The average Bonchev–Trinajstić information content (AvgIpc) is 2.66. The maximum Gasteiger partial charge on any atom is 0.244 e. The van der Waals surface area contributed by atoms with Crippen molar-refractivity contribution in [3.8, 4) is 0 Å². The standard InChI is InChI=1S/C23H33N3O3/c1-15-10-12-16(13-11-15)26-19(20(27)24-23(2,3)4)14-25(5)21(28)17-8-6-7-9-18(17)22(26)29/h6-7,10-13,17-19,21,28H,8-9,14H2,1-5H3,(H,24,27). The molecule has 1 heterocycles. The maximum absolute atomic E-state index is 13.7. The fourth-order valence-electron chi connectivity index (χ4n) is 4.24. The van der Waals surface area contributed by atoms with Crippen LogP contribution < -0.4 is 10.2 Å². The van der Waals surface area contributed by atoms with Crippen molar-refractivity contribution in [1.29, 1.82) is 0 Å². The molecule has 0 bridgehead atoms. The number of hydrogen-bond donors (Lipinski definition) is 2. The first-order valence-corrected chi connectivity index (χ1v) is 10.3. The second-order valence-electron chi connectivity index (χ2n) is 9.37. The Labute approximate surface area is 173 Å². The molecule has 4 atom stereocenters. The molecule has 1 aliphatic heterocycles. The van der Waals surface area contributed by atoms with Crippen molar-refractivity contribution < 1.29 is 14.7 Å². The van der Waals surface area contributed by atoms with Crippen molar-refractivity contribution in [3.63, 3.8) is 0 Å². The first kappa shape index (κ1) is 21.5. The highest BCUT2D eigenvalue weighted by Crippen LogP contribution is 2.35. The van der Waals surface area contributed by atoms with E-state index < -0.39 is 17.8 Å². The lowest BCUT2D eigenvalue weighted by atomic mass is 9.79. The van der Waals surface area contributed by atoms with Crippen LogP contribution in [0.1, 0.15) is 39.2 Å². The molecule has 158 valence electrons. The Bertz CT molecular complexity index is 782. The lowest BCUT2D eigenvalue weighted by molar-refractivity contribution is -0.138. The molecule has 1 aliphatic carbocycles. The molecular formula is C23H33N3O3. The van der Waals surface area contributed by atoms with Gasteiger partial charge in [0.2, 0.25) is 11.8 Å². The third kappa shape index (κ3) is 4.70. The lowest BCUT2D eigenvalue weighted by Gasteiger charge is -2.45. The first-order chi connectivity index (χ1) is 13.6. The molecular weight excluding hydrogens is 366 g/mol. The van der Waals surface area contributed by atoms with Gasteiger partial charge >= 0.3 is 0 Å². The predicted molar refractivity (Wildman–Crippen MR) is 114 cm³/mol. The number of amides is 2. The molecule has 6 nitrogen and oxygen atoms in total. The molecule has 1 fully saturated rings. The van der Waals surface area contributed by atoms with E-state index in [9.17, 15) is 14.7 Å². The molecule has 2 amide bonds. The number of aryl methyl sites for hydroxylation is 1. The number of hydrogen-bond acceptors (Lipinski definition) is 4. The molecule has 4 unspecified atom stereocenters. The van der Waals surface area contributed by atoms with Crippen LogP contribution in [0.25, 0.3) is 0 Å².